The zero-order chi connectivity index (χ0) is 23.3. The molecule has 2 aliphatic heterocycles. The molecule has 2 aliphatic rings. The molecule has 0 aliphatic carbocycles. The third kappa shape index (κ3) is 5.79. The molecule has 2 fully saturated rings. The third-order valence-electron chi connectivity index (χ3n) is 6.07. The fourth-order valence-electron chi connectivity index (χ4n) is 3.89. The van der Waals surface area contributed by atoms with Gasteiger partial charge in [-0.3, -0.25) is 9.59 Å². The van der Waals surface area contributed by atoms with Gasteiger partial charge in [-0.05, 0) is 38.8 Å². The molecule has 1 N–H and O–H groups in total. The number of rotatable bonds is 7. The number of hydrogen-bond donors (Lipinski definition) is 1. The highest BCUT2D eigenvalue weighted by Crippen LogP contribution is 2.26. The van der Waals surface area contributed by atoms with Crippen molar-refractivity contribution < 1.29 is 28.2 Å². The second kappa shape index (κ2) is 10.5. The molecule has 0 atom stereocenters. The van der Waals surface area contributed by atoms with Crippen LogP contribution < -0.4 is 5.32 Å². The highest BCUT2D eigenvalue weighted by Gasteiger charge is 2.40. The summed E-state index contributed by atoms with van der Waals surface area (Å²) in [6.45, 7) is 6.33. The van der Waals surface area contributed by atoms with Gasteiger partial charge in [-0.15, -0.1) is 0 Å². The second-order valence-electron chi connectivity index (χ2n) is 8.54. The van der Waals surface area contributed by atoms with E-state index in [-0.39, 0.29) is 18.4 Å². The second-order valence-corrected chi connectivity index (χ2v) is 8.54. The maximum atomic E-state index is 12.6. The summed E-state index contributed by atoms with van der Waals surface area (Å²) in [6.07, 6.45) is 1.53. The predicted molar refractivity (Wildman–Crippen MR) is 119 cm³/mol. The van der Waals surface area contributed by atoms with Crippen molar-refractivity contribution >= 4 is 11.8 Å². The number of oxazole rings is 1. The number of carbonyl (C=O) groups is 2. The van der Waals surface area contributed by atoms with Crippen LogP contribution >= 0.6 is 0 Å². The molecule has 33 heavy (non-hydrogen) atoms. The van der Waals surface area contributed by atoms with Crippen LogP contribution in [0.2, 0.25) is 0 Å². The lowest BCUT2D eigenvalue weighted by molar-refractivity contribution is -0.260. The average Bonchev–Trinajstić information content (AvgIpc) is 3.23. The molecule has 9 heteroatoms. The quantitative estimate of drug-likeness (QED) is 0.678. The molecule has 2 aromatic rings. The smallest absolute Gasteiger partial charge is 0.280 e. The Morgan fingerprint density at radius 2 is 1.85 bits per heavy atom. The van der Waals surface area contributed by atoms with Gasteiger partial charge in [0, 0.05) is 24.6 Å². The van der Waals surface area contributed by atoms with Crippen LogP contribution in [0.15, 0.2) is 34.7 Å². The molecule has 0 saturated carbocycles. The Labute approximate surface area is 193 Å². The number of ether oxygens (including phenoxy) is 3. The molecule has 2 amide bonds. The number of nitrogens with one attached hydrogen (secondary N) is 1. The first-order valence-corrected chi connectivity index (χ1v) is 11.4. The van der Waals surface area contributed by atoms with E-state index in [4.69, 9.17) is 18.6 Å². The molecular formula is C24H31N3O6. The fraction of sp³-hybridized carbons (Fsp3) is 0.542. The van der Waals surface area contributed by atoms with Crippen molar-refractivity contribution in [2.45, 2.75) is 32.5 Å². The summed E-state index contributed by atoms with van der Waals surface area (Å²) < 4.78 is 22.6. The summed E-state index contributed by atoms with van der Waals surface area (Å²) in [5.41, 5.74) is 1.87. The number of amides is 2. The summed E-state index contributed by atoms with van der Waals surface area (Å²) in [6, 6.07) is 9.81. The van der Waals surface area contributed by atoms with Gasteiger partial charge >= 0.3 is 0 Å². The molecule has 0 radical (unpaired) electrons. The van der Waals surface area contributed by atoms with Gasteiger partial charge in [0.25, 0.3) is 5.91 Å². The van der Waals surface area contributed by atoms with Crippen molar-refractivity contribution in [3.8, 4) is 11.5 Å². The molecule has 2 saturated heterocycles. The Kier molecular flexibility index (Phi) is 7.42. The molecular weight excluding hydrogens is 426 g/mol. The third-order valence-corrected chi connectivity index (χ3v) is 6.07. The lowest BCUT2D eigenvalue weighted by atomic mass is 10.0. The van der Waals surface area contributed by atoms with Gasteiger partial charge in [-0.2, -0.15) is 0 Å². The first-order valence-electron chi connectivity index (χ1n) is 11.4. The molecule has 1 aromatic carbocycles. The van der Waals surface area contributed by atoms with Crippen LogP contribution in [0.25, 0.3) is 11.5 Å². The summed E-state index contributed by atoms with van der Waals surface area (Å²) in [4.78, 5) is 31.2. The lowest BCUT2D eigenvalue weighted by Gasteiger charge is -2.36. The average molecular weight is 458 g/mol. The number of morpholine rings is 1. The van der Waals surface area contributed by atoms with E-state index in [1.807, 2.05) is 37.3 Å². The molecule has 9 nitrogen and oxygen atoms in total. The van der Waals surface area contributed by atoms with Gasteiger partial charge in [-0.1, -0.05) is 18.2 Å². The topological polar surface area (TPSA) is 103 Å². The van der Waals surface area contributed by atoms with Crippen molar-refractivity contribution in [3.63, 3.8) is 0 Å². The van der Waals surface area contributed by atoms with E-state index in [1.165, 1.54) is 0 Å². The van der Waals surface area contributed by atoms with Crippen molar-refractivity contribution in [2.75, 3.05) is 46.1 Å². The molecule has 0 spiro atoms. The van der Waals surface area contributed by atoms with Gasteiger partial charge in [0.05, 0.1) is 38.7 Å². The van der Waals surface area contributed by atoms with Crippen LogP contribution in [0.3, 0.4) is 0 Å². The minimum absolute atomic E-state index is 0.0836. The summed E-state index contributed by atoms with van der Waals surface area (Å²) in [7, 11) is 0. The van der Waals surface area contributed by atoms with E-state index in [0.717, 1.165) is 29.9 Å². The first-order chi connectivity index (χ1) is 15.9. The predicted octanol–water partition coefficient (Wildman–Crippen LogP) is 1.94. The van der Waals surface area contributed by atoms with Gasteiger partial charge in [0.2, 0.25) is 17.6 Å². The monoisotopic (exact) mass is 457 g/mol. The SMILES string of the molecule is Cc1oc(-c2ccccc2)nc1CCC1COC(C)(C(=O)NCC(=O)N2CCOCC2)OC1. The van der Waals surface area contributed by atoms with Gasteiger partial charge in [0.15, 0.2) is 0 Å². The van der Waals surface area contributed by atoms with Gasteiger partial charge < -0.3 is 28.8 Å². The molecule has 3 heterocycles. The van der Waals surface area contributed by atoms with Crippen LogP contribution in [0, 0.1) is 12.8 Å². The number of aryl methyl sites for hydroxylation is 2. The Bertz CT molecular complexity index is 946. The van der Waals surface area contributed by atoms with Crippen LogP contribution in [0.5, 0.6) is 0 Å². The van der Waals surface area contributed by atoms with E-state index in [1.54, 1.807) is 11.8 Å². The van der Waals surface area contributed by atoms with Crippen molar-refractivity contribution in [2.24, 2.45) is 5.92 Å². The standard InChI is InChI=1S/C24H31N3O6/c1-17-20(26-22(33-17)19-6-4-3-5-7-19)9-8-18-15-31-24(2,32-16-18)23(29)25-14-21(28)27-10-12-30-13-11-27/h3-7,18H,8-16H2,1-2H3,(H,25,29). The van der Waals surface area contributed by atoms with Crippen molar-refractivity contribution in [1.82, 2.24) is 15.2 Å². The number of benzene rings is 1. The highest BCUT2D eigenvalue weighted by molar-refractivity contribution is 5.88. The summed E-state index contributed by atoms with van der Waals surface area (Å²) >= 11 is 0. The van der Waals surface area contributed by atoms with E-state index in [0.29, 0.717) is 45.4 Å². The number of carbonyl (C=O) groups excluding carboxylic acids is 2. The minimum Gasteiger partial charge on any atom is -0.441 e. The molecule has 4 rings (SSSR count). The van der Waals surface area contributed by atoms with Crippen LogP contribution in [0.4, 0.5) is 0 Å². The first kappa shape index (κ1) is 23.4. The van der Waals surface area contributed by atoms with Gasteiger partial charge in [-0.25, -0.2) is 4.98 Å². The number of hydrogen-bond acceptors (Lipinski definition) is 7. The Balaban J connectivity index is 1.22. The summed E-state index contributed by atoms with van der Waals surface area (Å²) in [5, 5.41) is 2.65. The molecule has 1 aromatic heterocycles. The lowest BCUT2D eigenvalue weighted by Crippen LogP contribution is -2.55. The van der Waals surface area contributed by atoms with Crippen molar-refractivity contribution in [1.29, 1.82) is 0 Å². The van der Waals surface area contributed by atoms with Crippen LogP contribution in [-0.4, -0.2) is 73.5 Å². The number of nitrogens with zero attached hydrogens (tertiary/aromatic N) is 2. The molecule has 0 unspecified atom stereocenters. The maximum absolute atomic E-state index is 12.6. The van der Waals surface area contributed by atoms with Crippen LogP contribution in [-0.2, 0) is 30.2 Å². The van der Waals surface area contributed by atoms with E-state index in [9.17, 15) is 9.59 Å². The fourth-order valence-corrected chi connectivity index (χ4v) is 3.89. The van der Waals surface area contributed by atoms with Crippen molar-refractivity contribution in [3.05, 3.63) is 41.8 Å². The normalized spacial score (nSPS) is 23.3. The van der Waals surface area contributed by atoms with Crippen LogP contribution in [0.1, 0.15) is 24.8 Å². The zero-order valence-corrected chi connectivity index (χ0v) is 19.2. The summed E-state index contributed by atoms with van der Waals surface area (Å²) in [5.74, 6) is -0.413. The minimum atomic E-state index is -1.40. The van der Waals surface area contributed by atoms with E-state index in [2.05, 4.69) is 10.3 Å². The molecule has 0 bridgehead atoms. The molecule has 178 valence electrons. The largest absolute Gasteiger partial charge is 0.441 e. The maximum Gasteiger partial charge on any atom is 0.280 e. The number of aromatic nitrogens is 1. The highest BCUT2D eigenvalue weighted by atomic mass is 16.7. The Hall–Kier alpha value is -2.75. The Morgan fingerprint density at radius 3 is 2.55 bits per heavy atom. The zero-order valence-electron chi connectivity index (χ0n) is 19.2. The van der Waals surface area contributed by atoms with E-state index < -0.39 is 11.7 Å². The van der Waals surface area contributed by atoms with E-state index >= 15 is 0 Å². The Morgan fingerprint density at radius 1 is 1.15 bits per heavy atom. The van der Waals surface area contributed by atoms with Gasteiger partial charge in [0.1, 0.15) is 5.76 Å².